The molecule has 1 saturated carbocycles. The van der Waals surface area contributed by atoms with E-state index in [1.807, 2.05) is 19.0 Å². The Morgan fingerprint density at radius 1 is 1.24 bits per heavy atom. The van der Waals surface area contributed by atoms with Crippen LogP contribution >= 0.6 is 0 Å². The maximum Gasteiger partial charge on any atom is 0.319 e. The monoisotopic (exact) mass is 238 g/mol. The molecule has 1 saturated heterocycles. The van der Waals surface area contributed by atoms with Gasteiger partial charge in [0.15, 0.2) is 0 Å². The van der Waals surface area contributed by atoms with E-state index in [-0.39, 0.29) is 6.03 Å². The highest BCUT2D eigenvalue weighted by Crippen LogP contribution is 2.47. The van der Waals surface area contributed by atoms with Crippen LogP contribution in [0.25, 0.3) is 0 Å². The molecule has 0 aromatic heterocycles. The summed E-state index contributed by atoms with van der Waals surface area (Å²) in [5, 5.41) is 0. The Labute approximate surface area is 105 Å². The van der Waals surface area contributed by atoms with Crippen molar-refractivity contribution >= 4 is 6.03 Å². The molecule has 1 aliphatic heterocycles. The molecule has 0 atom stereocenters. The summed E-state index contributed by atoms with van der Waals surface area (Å²) >= 11 is 0. The minimum Gasteiger partial charge on any atom is -0.331 e. The molecule has 0 N–H and O–H groups in total. The molecular weight excluding hydrogens is 212 g/mol. The molecule has 0 aromatic carbocycles. The lowest BCUT2D eigenvalue weighted by Gasteiger charge is -2.54. The second kappa shape index (κ2) is 4.51. The SMILES string of the molecule is CC(C)C1CCC2(CC1)CN(C(=O)N(C)C)C2. The van der Waals surface area contributed by atoms with Gasteiger partial charge in [0.05, 0.1) is 0 Å². The predicted molar refractivity (Wildman–Crippen MR) is 69.9 cm³/mol. The number of carbonyl (C=O) groups is 1. The van der Waals surface area contributed by atoms with E-state index in [2.05, 4.69) is 13.8 Å². The normalized spacial score (nSPS) is 23.9. The van der Waals surface area contributed by atoms with Gasteiger partial charge in [-0.25, -0.2) is 4.79 Å². The van der Waals surface area contributed by atoms with Crippen LogP contribution in [-0.4, -0.2) is 43.0 Å². The zero-order valence-corrected chi connectivity index (χ0v) is 11.7. The highest BCUT2D eigenvalue weighted by molar-refractivity contribution is 5.74. The van der Waals surface area contributed by atoms with Gasteiger partial charge in [0.1, 0.15) is 0 Å². The van der Waals surface area contributed by atoms with E-state index < -0.39 is 0 Å². The summed E-state index contributed by atoms with van der Waals surface area (Å²) in [5.41, 5.74) is 0.483. The molecule has 0 radical (unpaired) electrons. The van der Waals surface area contributed by atoms with Crippen molar-refractivity contribution in [2.75, 3.05) is 27.2 Å². The lowest BCUT2D eigenvalue weighted by Crippen LogP contribution is -2.61. The third kappa shape index (κ3) is 2.43. The van der Waals surface area contributed by atoms with E-state index in [4.69, 9.17) is 0 Å². The summed E-state index contributed by atoms with van der Waals surface area (Å²) in [6, 6.07) is 0.182. The van der Waals surface area contributed by atoms with Crippen molar-refractivity contribution in [1.29, 1.82) is 0 Å². The first-order valence-electron chi connectivity index (χ1n) is 6.90. The third-order valence-corrected chi connectivity index (χ3v) is 4.74. The average molecular weight is 238 g/mol. The van der Waals surface area contributed by atoms with E-state index in [0.29, 0.717) is 5.41 Å². The molecule has 0 bridgehead atoms. The van der Waals surface area contributed by atoms with Gasteiger partial charge in [0.2, 0.25) is 0 Å². The molecule has 2 fully saturated rings. The van der Waals surface area contributed by atoms with Crippen molar-refractivity contribution in [2.24, 2.45) is 17.3 Å². The Kier molecular flexibility index (Phi) is 3.37. The van der Waals surface area contributed by atoms with E-state index in [0.717, 1.165) is 24.9 Å². The minimum absolute atomic E-state index is 0.182. The first-order valence-corrected chi connectivity index (χ1v) is 6.90. The standard InChI is InChI=1S/C14H26N2O/c1-11(2)12-5-7-14(8-6-12)9-16(10-14)13(17)15(3)4/h11-12H,5-10H2,1-4H3. The molecule has 98 valence electrons. The highest BCUT2D eigenvalue weighted by atomic mass is 16.2. The Balaban J connectivity index is 1.81. The molecule has 17 heavy (non-hydrogen) atoms. The fourth-order valence-corrected chi connectivity index (χ4v) is 3.42. The minimum atomic E-state index is 0.182. The van der Waals surface area contributed by atoms with Crippen LogP contribution in [0.4, 0.5) is 4.79 Å². The maximum atomic E-state index is 11.8. The number of carbonyl (C=O) groups excluding carboxylic acids is 1. The van der Waals surface area contributed by atoms with Gasteiger partial charge < -0.3 is 9.80 Å². The number of urea groups is 1. The van der Waals surface area contributed by atoms with Crippen LogP contribution in [0, 0.1) is 17.3 Å². The topological polar surface area (TPSA) is 23.6 Å². The number of nitrogens with zero attached hydrogens (tertiary/aromatic N) is 2. The van der Waals surface area contributed by atoms with E-state index in [1.54, 1.807) is 4.90 Å². The van der Waals surface area contributed by atoms with E-state index in [1.165, 1.54) is 25.7 Å². The van der Waals surface area contributed by atoms with Crippen LogP contribution < -0.4 is 0 Å². The van der Waals surface area contributed by atoms with Crippen LogP contribution in [0.15, 0.2) is 0 Å². The molecule has 1 spiro atoms. The number of rotatable bonds is 1. The van der Waals surface area contributed by atoms with Crippen molar-refractivity contribution in [1.82, 2.24) is 9.80 Å². The Bertz CT molecular complexity index is 283. The van der Waals surface area contributed by atoms with Gasteiger partial charge in [-0.2, -0.15) is 0 Å². The molecule has 3 nitrogen and oxygen atoms in total. The highest BCUT2D eigenvalue weighted by Gasteiger charge is 2.47. The Morgan fingerprint density at radius 3 is 2.18 bits per heavy atom. The number of hydrogen-bond acceptors (Lipinski definition) is 1. The van der Waals surface area contributed by atoms with Crippen molar-refractivity contribution < 1.29 is 4.79 Å². The molecule has 3 heteroatoms. The van der Waals surface area contributed by atoms with Gasteiger partial charge in [-0.15, -0.1) is 0 Å². The van der Waals surface area contributed by atoms with Gasteiger partial charge in [-0.3, -0.25) is 0 Å². The van der Waals surface area contributed by atoms with Gasteiger partial charge in [-0.1, -0.05) is 13.8 Å². The zero-order chi connectivity index (χ0) is 12.6. The number of amides is 2. The van der Waals surface area contributed by atoms with E-state index >= 15 is 0 Å². The van der Waals surface area contributed by atoms with Gasteiger partial charge in [0.25, 0.3) is 0 Å². The summed E-state index contributed by atoms with van der Waals surface area (Å²) in [7, 11) is 3.67. The van der Waals surface area contributed by atoms with Gasteiger partial charge >= 0.3 is 6.03 Å². The largest absolute Gasteiger partial charge is 0.331 e. The maximum absolute atomic E-state index is 11.8. The quantitative estimate of drug-likeness (QED) is 0.689. The zero-order valence-electron chi connectivity index (χ0n) is 11.7. The Morgan fingerprint density at radius 2 is 1.76 bits per heavy atom. The fourth-order valence-electron chi connectivity index (χ4n) is 3.42. The first kappa shape index (κ1) is 12.7. The summed E-state index contributed by atoms with van der Waals surface area (Å²) in [6.45, 7) is 6.67. The fraction of sp³-hybridized carbons (Fsp3) is 0.929. The van der Waals surface area contributed by atoms with Crippen molar-refractivity contribution in [3.8, 4) is 0 Å². The summed E-state index contributed by atoms with van der Waals surface area (Å²) < 4.78 is 0. The summed E-state index contributed by atoms with van der Waals surface area (Å²) in [5.74, 6) is 1.74. The van der Waals surface area contributed by atoms with Gasteiger partial charge in [0, 0.05) is 32.6 Å². The van der Waals surface area contributed by atoms with Gasteiger partial charge in [-0.05, 0) is 37.5 Å². The summed E-state index contributed by atoms with van der Waals surface area (Å²) in [4.78, 5) is 15.5. The lowest BCUT2D eigenvalue weighted by atomic mass is 9.64. The van der Waals surface area contributed by atoms with Crippen LogP contribution in [0.3, 0.4) is 0 Å². The number of hydrogen-bond donors (Lipinski definition) is 0. The van der Waals surface area contributed by atoms with Crippen LogP contribution in [0.1, 0.15) is 39.5 Å². The predicted octanol–water partition coefficient (Wildman–Crippen LogP) is 2.82. The van der Waals surface area contributed by atoms with E-state index in [9.17, 15) is 4.79 Å². The molecule has 2 aliphatic rings. The summed E-state index contributed by atoms with van der Waals surface area (Å²) in [6.07, 6.45) is 5.38. The van der Waals surface area contributed by atoms with Crippen LogP contribution in [-0.2, 0) is 0 Å². The molecule has 1 heterocycles. The smallest absolute Gasteiger partial charge is 0.319 e. The molecule has 2 rings (SSSR count). The third-order valence-electron chi connectivity index (χ3n) is 4.74. The second-order valence-electron chi connectivity index (χ2n) is 6.61. The molecule has 2 amide bonds. The van der Waals surface area contributed by atoms with Crippen molar-refractivity contribution in [3.05, 3.63) is 0 Å². The van der Waals surface area contributed by atoms with Crippen molar-refractivity contribution in [2.45, 2.75) is 39.5 Å². The second-order valence-corrected chi connectivity index (χ2v) is 6.61. The number of likely N-dealkylation sites (tertiary alicyclic amines) is 1. The van der Waals surface area contributed by atoms with Crippen molar-refractivity contribution in [3.63, 3.8) is 0 Å². The molecule has 0 unspecified atom stereocenters. The molecule has 1 aliphatic carbocycles. The first-order chi connectivity index (χ1) is 7.93. The molecule has 0 aromatic rings. The Hall–Kier alpha value is -0.730. The average Bonchev–Trinajstić information content (AvgIpc) is 2.24. The molecular formula is C14H26N2O. The lowest BCUT2D eigenvalue weighted by molar-refractivity contribution is -0.0221. The van der Waals surface area contributed by atoms with Crippen LogP contribution in [0.2, 0.25) is 0 Å². The van der Waals surface area contributed by atoms with Crippen LogP contribution in [0.5, 0.6) is 0 Å².